The summed E-state index contributed by atoms with van der Waals surface area (Å²) in [5.41, 5.74) is 7.25. The average Bonchev–Trinajstić information content (AvgIpc) is 2.49. The molecule has 0 radical (unpaired) electrons. The Morgan fingerprint density at radius 3 is 2.05 bits per heavy atom. The van der Waals surface area contributed by atoms with Crippen molar-refractivity contribution in [3.63, 3.8) is 0 Å². The fourth-order valence-electron chi connectivity index (χ4n) is 2.93. The molecule has 2 aromatic rings. The van der Waals surface area contributed by atoms with Gasteiger partial charge < -0.3 is 5.11 Å². The first-order valence-electron chi connectivity index (χ1n) is 7.45. The number of carboxylic acid groups (broad SMARTS) is 1. The zero-order chi connectivity index (χ0) is 16.3. The summed E-state index contributed by atoms with van der Waals surface area (Å²) in [4.78, 5) is 11.0. The van der Waals surface area contributed by atoms with Crippen molar-refractivity contribution < 1.29 is 9.90 Å². The van der Waals surface area contributed by atoms with Crippen LogP contribution in [0.2, 0.25) is 0 Å². The monoisotopic (exact) mass is 294 g/mol. The fraction of sp³-hybridized carbons (Fsp3) is 0.250. The number of rotatable bonds is 4. The second kappa shape index (κ2) is 6.61. The highest BCUT2D eigenvalue weighted by Crippen LogP contribution is 2.34. The molecular weight excluding hydrogens is 272 g/mol. The molecule has 2 heteroatoms. The third kappa shape index (κ3) is 3.28. The minimum absolute atomic E-state index is 0.0455. The molecule has 0 aromatic heterocycles. The first-order valence-corrected chi connectivity index (χ1v) is 7.45. The number of hydrogen-bond acceptors (Lipinski definition) is 1. The van der Waals surface area contributed by atoms with Crippen molar-refractivity contribution in [2.45, 2.75) is 33.6 Å². The Bertz CT molecular complexity index is 686. The van der Waals surface area contributed by atoms with E-state index in [1.165, 1.54) is 33.9 Å². The van der Waals surface area contributed by atoms with Gasteiger partial charge in [-0.1, -0.05) is 42.5 Å². The second-order valence-electron chi connectivity index (χ2n) is 5.76. The summed E-state index contributed by atoms with van der Waals surface area (Å²) in [6.07, 6.45) is 3.03. The van der Waals surface area contributed by atoms with Crippen molar-refractivity contribution in [3.05, 3.63) is 81.9 Å². The van der Waals surface area contributed by atoms with E-state index >= 15 is 0 Å². The molecule has 0 heterocycles. The van der Waals surface area contributed by atoms with E-state index in [0.717, 1.165) is 5.56 Å². The van der Waals surface area contributed by atoms with Crippen molar-refractivity contribution in [2.75, 3.05) is 0 Å². The van der Waals surface area contributed by atoms with Crippen LogP contribution in [0.5, 0.6) is 0 Å². The van der Waals surface area contributed by atoms with E-state index in [-0.39, 0.29) is 5.92 Å². The van der Waals surface area contributed by atoms with Gasteiger partial charge in [0, 0.05) is 12.0 Å². The number of allylic oxidation sites excluding steroid dienone is 1. The van der Waals surface area contributed by atoms with E-state index in [9.17, 15) is 4.79 Å². The largest absolute Gasteiger partial charge is 0.478 e. The fourth-order valence-corrected chi connectivity index (χ4v) is 2.93. The molecule has 0 amide bonds. The maximum absolute atomic E-state index is 11.0. The second-order valence-corrected chi connectivity index (χ2v) is 5.76. The van der Waals surface area contributed by atoms with Crippen LogP contribution in [0, 0.1) is 27.7 Å². The van der Waals surface area contributed by atoms with E-state index < -0.39 is 5.97 Å². The molecular formula is C20H22O2. The zero-order valence-electron chi connectivity index (χ0n) is 13.6. The molecule has 1 N–H and O–H groups in total. The third-order valence-electron chi connectivity index (χ3n) is 4.32. The van der Waals surface area contributed by atoms with E-state index in [1.54, 1.807) is 6.08 Å². The van der Waals surface area contributed by atoms with Gasteiger partial charge in [-0.15, -0.1) is 0 Å². The van der Waals surface area contributed by atoms with Crippen molar-refractivity contribution in [1.29, 1.82) is 0 Å². The molecule has 2 aromatic carbocycles. The van der Waals surface area contributed by atoms with Gasteiger partial charge in [-0.25, -0.2) is 4.79 Å². The Balaban J connectivity index is 2.68. The Morgan fingerprint density at radius 1 is 1.00 bits per heavy atom. The van der Waals surface area contributed by atoms with Gasteiger partial charge in [0.2, 0.25) is 0 Å². The number of aliphatic carboxylic acids is 1. The molecule has 0 aliphatic carbocycles. The summed E-state index contributed by atoms with van der Waals surface area (Å²) < 4.78 is 0. The first kappa shape index (κ1) is 16.0. The van der Waals surface area contributed by atoms with Crippen molar-refractivity contribution >= 4 is 5.97 Å². The number of benzene rings is 2. The zero-order valence-corrected chi connectivity index (χ0v) is 13.6. The highest BCUT2D eigenvalue weighted by Gasteiger charge is 2.18. The smallest absolute Gasteiger partial charge is 0.328 e. The third-order valence-corrected chi connectivity index (χ3v) is 4.32. The van der Waals surface area contributed by atoms with Crippen molar-refractivity contribution in [3.8, 4) is 0 Å². The van der Waals surface area contributed by atoms with Crippen molar-refractivity contribution in [2.24, 2.45) is 0 Å². The molecule has 1 atom stereocenters. The van der Waals surface area contributed by atoms with Crippen molar-refractivity contribution in [1.82, 2.24) is 0 Å². The molecule has 22 heavy (non-hydrogen) atoms. The summed E-state index contributed by atoms with van der Waals surface area (Å²) in [6.45, 7) is 8.44. The number of aryl methyl sites for hydroxylation is 2. The summed E-state index contributed by atoms with van der Waals surface area (Å²) in [6, 6.07) is 12.2. The van der Waals surface area contributed by atoms with Gasteiger partial charge in [-0.2, -0.15) is 0 Å². The van der Waals surface area contributed by atoms with E-state index in [2.05, 4.69) is 33.8 Å². The van der Waals surface area contributed by atoms with Crippen LogP contribution < -0.4 is 0 Å². The topological polar surface area (TPSA) is 37.3 Å². The quantitative estimate of drug-likeness (QED) is 0.830. The first-order chi connectivity index (χ1) is 10.4. The molecule has 0 saturated carbocycles. The van der Waals surface area contributed by atoms with Gasteiger partial charge in [0.15, 0.2) is 0 Å². The van der Waals surface area contributed by atoms with Gasteiger partial charge in [-0.3, -0.25) is 0 Å². The normalized spacial score (nSPS) is 12.5. The molecule has 0 fully saturated rings. The van der Waals surface area contributed by atoms with Gasteiger partial charge in [-0.05, 0) is 61.1 Å². The summed E-state index contributed by atoms with van der Waals surface area (Å²) in [5.74, 6) is -0.962. The molecule has 114 valence electrons. The van der Waals surface area contributed by atoms with Crippen LogP contribution in [-0.4, -0.2) is 11.1 Å². The molecule has 0 bridgehead atoms. The molecule has 0 spiro atoms. The highest BCUT2D eigenvalue weighted by atomic mass is 16.4. The van der Waals surface area contributed by atoms with Crippen LogP contribution in [0.15, 0.2) is 48.6 Å². The van der Waals surface area contributed by atoms with Gasteiger partial charge in [0.1, 0.15) is 0 Å². The lowest BCUT2D eigenvalue weighted by Crippen LogP contribution is -2.07. The SMILES string of the molecule is Cc1cc(C)c(C)c(C(C=CC(=O)O)c2ccccc2)c1C. The maximum Gasteiger partial charge on any atom is 0.328 e. The van der Waals surface area contributed by atoms with Crippen LogP contribution in [-0.2, 0) is 4.79 Å². The van der Waals surface area contributed by atoms with E-state index in [1.807, 2.05) is 30.3 Å². The van der Waals surface area contributed by atoms with Crippen LogP contribution in [0.4, 0.5) is 0 Å². The molecule has 2 rings (SSSR count). The molecule has 0 saturated heterocycles. The Kier molecular flexibility index (Phi) is 4.81. The predicted molar refractivity (Wildman–Crippen MR) is 90.5 cm³/mol. The lowest BCUT2D eigenvalue weighted by atomic mass is 9.82. The van der Waals surface area contributed by atoms with Crippen LogP contribution >= 0.6 is 0 Å². The standard InChI is InChI=1S/C20H22O2/c1-13-12-14(2)16(4)20(15(13)3)18(10-11-19(21)22)17-8-6-5-7-9-17/h5-12,18H,1-4H3,(H,21,22). The summed E-state index contributed by atoms with van der Waals surface area (Å²) in [5, 5.41) is 9.02. The molecule has 0 aliphatic heterocycles. The minimum atomic E-state index is -0.916. The lowest BCUT2D eigenvalue weighted by molar-refractivity contribution is -0.131. The Morgan fingerprint density at radius 2 is 1.55 bits per heavy atom. The number of hydrogen-bond donors (Lipinski definition) is 1. The van der Waals surface area contributed by atoms with Crippen LogP contribution in [0.3, 0.4) is 0 Å². The minimum Gasteiger partial charge on any atom is -0.478 e. The predicted octanol–water partition coefficient (Wildman–Crippen LogP) is 4.69. The van der Waals surface area contributed by atoms with Crippen LogP contribution in [0.1, 0.15) is 39.3 Å². The van der Waals surface area contributed by atoms with Gasteiger partial charge in [0.25, 0.3) is 0 Å². The Labute approximate surface area is 132 Å². The molecule has 1 unspecified atom stereocenters. The Hall–Kier alpha value is -2.35. The van der Waals surface area contributed by atoms with Gasteiger partial charge in [0.05, 0.1) is 0 Å². The van der Waals surface area contributed by atoms with Crippen LogP contribution in [0.25, 0.3) is 0 Å². The average molecular weight is 294 g/mol. The maximum atomic E-state index is 11.0. The highest BCUT2D eigenvalue weighted by molar-refractivity contribution is 5.80. The number of carbonyl (C=O) groups is 1. The summed E-state index contributed by atoms with van der Waals surface area (Å²) >= 11 is 0. The van der Waals surface area contributed by atoms with E-state index in [0.29, 0.717) is 0 Å². The molecule has 2 nitrogen and oxygen atoms in total. The number of carboxylic acids is 1. The molecule has 0 aliphatic rings. The van der Waals surface area contributed by atoms with Gasteiger partial charge >= 0.3 is 5.97 Å². The van der Waals surface area contributed by atoms with E-state index in [4.69, 9.17) is 5.11 Å². The summed E-state index contributed by atoms with van der Waals surface area (Å²) in [7, 11) is 0. The lowest BCUT2D eigenvalue weighted by Gasteiger charge is -2.22.